The molecule has 1 atom stereocenters. The normalized spacial score (nSPS) is 14.3. The van der Waals surface area contributed by atoms with Gasteiger partial charge in [0.15, 0.2) is 0 Å². The summed E-state index contributed by atoms with van der Waals surface area (Å²) in [5.74, 6) is -26.3. The van der Waals surface area contributed by atoms with Gasteiger partial charge in [-0.25, -0.2) is 11.1 Å². The van der Waals surface area contributed by atoms with Crippen molar-refractivity contribution in [1.29, 1.82) is 0 Å². The van der Waals surface area contributed by atoms with E-state index >= 15 is 17.6 Å². The molecule has 13 heteroatoms. The second-order valence-corrected chi connectivity index (χ2v) is 15.3. The van der Waals surface area contributed by atoms with Crippen LogP contribution in [0.5, 0.6) is 0 Å². The monoisotopic (exact) mass is 891 g/mol. The standard InChI is InChI=1S/C28H12BF10Si.C9H7.C8H13.Zr/c1-40(10-6-3-2-4-7-10)12-9-5-8-11-13(12)14(16-19(30)23(34)27(38)24(35)20(16)31)15(18(11)29)17-21(32)25(36)28(39)26(37)22(17)33;1-2-5-9-7-3-6-8(9)4-1;1-5-7(3)8(4)6-2;/h2-9,15H,1H3;1-7H;5H,1-4H3;/q;2*-1;+2. The topological polar surface area (TPSA) is 0 Å². The number of halogens is 10. The Morgan fingerprint density at radius 3 is 1.71 bits per heavy atom. The molecule has 0 aromatic heterocycles. The van der Waals surface area contributed by atoms with Gasteiger partial charge in [0, 0.05) is 0 Å². The van der Waals surface area contributed by atoms with Gasteiger partial charge in [0.1, 0.15) is 0 Å². The van der Waals surface area contributed by atoms with Crippen LogP contribution in [-0.4, -0.2) is 21.4 Å². The summed E-state index contributed by atoms with van der Waals surface area (Å²) in [5, 5.41) is 3.16. The first-order valence-electron chi connectivity index (χ1n) is 17.4. The summed E-state index contributed by atoms with van der Waals surface area (Å²) in [6, 6.07) is 27.4. The molecule has 0 aliphatic heterocycles. The Bertz CT molecular complexity index is 2620. The van der Waals surface area contributed by atoms with Gasteiger partial charge < -0.3 is 0 Å². The molecule has 0 nitrogen and oxygen atoms in total. The quantitative estimate of drug-likeness (QED) is 0.0413. The van der Waals surface area contributed by atoms with Crippen molar-refractivity contribution >= 4 is 42.9 Å². The minimum atomic E-state index is -2.51. The van der Waals surface area contributed by atoms with Crippen LogP contribution >= 0.6 is 0 Å². The molecule has 0 saturated carbocycles. The van der Waals surface area contributed by atoms with Crippen molar-refractivity contribution in [2.45, 2.75) is 40.2 Å². The molecule has 1 radical (unpaired) electrons. The van der Waals surface area contributed by atoms with Crippen LogP contribution in [0.4, 0.5) is 43.9 Å². The van der Waals surface area contributed by atoms with E-state index in [-0.39, 0.29) is 41.8 Å². The zero-order valence-corrected chi connectivity index (χ0v) is 35.1. The van der Waals surface area contributed by atoms with Crippen molar-refractivity contribution in [3.05, 3.63) is 199 Å². The summed E-state index contributed by atoms with van der Waals surface area (Å²) in [6.45, 7) is 9.85. The van der Waals surface area contributed by atoms with Crippen molar-refractivity contribution in [1.82, 2.24) is 0 Å². The molecule has 0 spiro atoms. The Labute approximate surface area is 350 Å². The van der Waals surface area contributed by atoms with E-state index in [0.717, 1.165) is 5.19 Å². The number of benzene rings is 5. The van der Waals surface area contributed by atoms with Crippen LogP contribution in [0.3, 0.4) is 0 Å². The summed E-state index contributed by atoms with van der Waals surface area (Å²) in [7, 11) is 4.25. The molecule has 0 bridgehead atoms. The van der Waals surface area contributed by atoms with Crippen LogP contribution < -0.4 is 10.4 Å². The summed E-state index contributed by atoms with van der Waals surface area (Å²) in [5.41, 5.74) is -2.28. The minimum Gasteiger partial charge on any atom is -0.168 e. The molecule has 1 aliphatic carbocycles. The van der Waals surface area contributed by atoms with E-state index in [1.54, 1.807) is 36.9 Å². The van der Waals surface area contributed by atoms with Crippen LogP contribution in [0.1, 0.15) is 50.3 Å². The smallest absolute Gasteiger partial charge is 0.168 e. The van der Waals surface area contributed by atoms with Gasteiger partial charge in [-0.15, -0.1) is 43.5 Å². The second kappa shape index (κ2) is 19.4. The average molecular weight is 893 g/mol. The third-order valence-electron chi connectivity index (χ3n) is 9.81. The van der Waals surface area contributed by atoms with Gasteiger partial charge in [-0.3, -0.25) is 6.08 Å². The summed E-state index contributed by atoms with van der Waals surface area (Å²) < 4.78 is 146. The molecule has 0 saturated heterocycles. The Balaban J connectivity index is 0.000000340. The van der Waals surface area contributed by atoms with Crippen molar-refractivity contribution in [3.8, 4) is 0 Å². The molecule has 0 heterocycles. The first-order chi connectivity index (χ1) is 27.1. The number of fused-ring (bicyclic) bond motifs is 2. The van der Waals surface area contributed by atoms with Gasteiger partial charge in [-0.2, -0.15) is 23.6 Å². The maximum atomic E-state index is 15.3. The molecule has 1 unspecified atom stereocenters. The fourth-order valence-electron chi connectivity index (χ4n) is 6.46. The summed E-state index contributed by atoms with van der Waals surface area (Å²) >= 11 is 0. The molecule has 7 rings (SSSR count). The van der Waals surface area contributed by atoms with Crippen molar-refractivity contribution in [2.75, 3.05) is 0 Å². The van der Waals surface area contributed by atoms with E-state index in [9.17, 15) is 26.3 Å². The SMILES string of the molecule is C[C-]=C(C)C(C)=CC.[B]=C1c2cccc(=[Si](C)c3ccccc3)c2=C(c2c(F)c(F)c(F)c(F)c2F)C1c1c(F)c(F)c(F)c(F)c1F.[Zr+2].c1ccc2[cH-]ccc2c1. The molecule has 6 aromatic rings. The second-order valence-electron chi connectivity index (χ2n) is 13.0. The van der Waals surface area contributed by atoms with Crippen molar-refractivity contribution < 1.29 is 70.1 Å². The largest absolute Gasteiger partial charge is 2.00 e. The molecule has 0 amide bonds. The fraction of sp³-hybridized carbons (Fsp3) is 0.133. The summed E-state index contributed by atoms with van der Waals surface area (Å²) in [6.07, 6.45) is 5.15. The van der Waals surface area contributed by atoms with Gasteiger partial charge in [0.2, 0.25) is 0 Å². The predicted molar refractivity (Wildman–Crippen MR) is 207 cm³/mol. The molecule has 0 fully saturated rings. The molecular formula is C45H32BF10SiZr. The van der Waals surface area contributed by atoms with Gasteiger partial charge in [0.25, 0.3) is 0 Å². The molecule has 6 aromatic carbocycles. The van der Waals surface area contributed by atoms with Crippen LogP contribution in [0.15, 0.2) is 108 Å². The predicted octanol–water partition coefficient (Wildman–Crippen LogP) is 10.9. The Morgan fingerprint density at radius 1 is 0.672 bits per heavy atom. The number of rotatable bonds is 4. The van der Waals surface area contributed by atoms with Gasteiger partial charge >= 0.3 is 248 Å². The third-order valence-corrected chi connectivity index (χ3v) is 12.2. The Kier molecular flexibility index (Phi) is 15.4. The van der Waals surface area contributed by atoms with Crippen molar-refractivity contribution in [3.63, 3.8) is 0 Å². The van der Waals surface area contributed by atoms with Crippen LogP contribution in [0.2, 0.25) is 6.55 Å². The van der Waals surface area contributed by atoms with Crippen LogP contribution in [0.25, 0.3) is 16.3 Å². The zero-order valence-electron chi connectivity index (χ0n) is 31.7. The minimum absolute atomic E-state index is 0. The Hall–Kier alpha value is -4.61. The van der Waals surface area contributed by atoms with E-state index in [0.29, 0.717) is 0 Å². The fourth-order valence-corrected chi connectivity index (χ4v) is 8.46. The maximum Gasteiger partial charge on any atom is 2.00 e. The van der Waals surface area contributed by atoms with E-state index in [1.165, 1.54) is 40.1 Å². The van der Waals surface area contributed by atoms with E-state index < -0.39 is 94.7 Å². The van der Waals surface area contributed by atoms with Gasteiger partial charge in [-0.1, -0.05) is 19.9 Å². The first kappa shape index (κ1) is 46.1. The van der Waals surface area contributed by atoms with E-state index in [4.69, 9.17) is 7.49 Å². The van der Waals surface area contributed by atoms with Crippen LogP contribution in [-0.2, 0) is 26.2 Å². The molecule has 0 N–H and O–H groups in total. The molecule has 1 aliphatic rings. The van der Waals surface area contributed by atoms with E-state index in [1.807, 2.05) is 13.8 Å². The van der Waals surface area contributed by atoms with E-state index in [2.05, 4.69) is 68.5 Å². The average Bonchev–Trinajstić information content (AvgIpc) is 3.83. The molecule has 58 heavy (non-hydrogen) atoms. The van der Waals surface area contributed by atoms with Gasteiger partial charge in [0.05, 0.1) is 0 Å². The molecule has 293 valence electrons. The van der Waals surface area contributed by atoms with Gasteiger partial charge in [-0.05, 0) is 0 Å². The third kappa shape index (κ3) is 8.71. The maximum absolute atomic E-state index is 15.3. The van der Waals surface area contributed by atoms with Crippen LogP contribution in [0, 0.1) is 69.1 Å². The summed E-state index contributed by atoms with van der Waals surface area (Å²) in [4.78, 5) is 0.280. The Morgan fingerprint density at radius 2 is 1.19 bits per heavy atom. The number of hydrogen-bond acceptors (Lipinski definition) is 0. The van der Waals surface area contributed by atoms with Crippen molar-refractivity contribution in [2.24, 2.45) is 0 Å². The number of hydrogen-bond donors (Lipinski definition) is 0. The molecular weight excluding hydrogens is 861 g/mol. The zero-order chi connectivity index (χ0) is 41.9. The number of allylic oxidation sites excluding steroid dienone is 4. The first-order valence-corrected chi connectivity index (χ1v) is 19.4.